The second-order valence-corrected chi connectivity index (χ2v) is 19.7. The first-order valence-corrected chi connectivity index (χ1v) is 28.9. The summed E-state index contributed by atoms with van der Waals surface area (Å²) in [7, 11) is 0. The van der Waals surface area contributed by atoms with Gasteiger partial charge in [0, 0.05) is 6.42 Å². The van der Waals surface area contributed by atoms with Gasteiger partial charge in [0.2, 0.25) is 5.91 Å². The van der Waals surface area contributed by atoms with E-state index in [1.807, 2.05) is 0 Å². The van der Waals surface area contributed by atoms with Gasteiger partial charge in [-0.25, -0.2) is 0 Å². The van der Waals surface area contributed by atoms with E-state index in [0.717, 1.165) is 89.9 Å². The number of carbonyl (C=O) groups excluding carboxylic acids is 2. The molecule has 0 radical (unpaired) electrons. The van der Waals surface area contributed by atoms with Crippen molar-refractivity contribution in [3.8, 4) is 0 Å². The summed E-state index contributed by atoms with van der Waals surface area (Å²) in [6.45, 7) is 6.40. The summed E-state index contributed by atoms with van der Waals surface area (Å²) in [4.78, 5) is 26.3. The molecule has 0 spiro atoms. The van der Waals surface area contributed by atoms with Gasteiger partial charge >= 0.3 is 5.97 Å². The van der Waals surface area contributed by atoms with Gasteiger partial charge in [0.05, 0.1) is 25.2 Å². The van der Waals surface area contributed by atoms with E-state index < -0.39 is 18.2 Å². The number of ether oxygens (including phenoxy) is 1. The summed E-state index contributed by atoms with van der Waals surface area (Å²) < 4.78 is 5.95. The normalized spacial score (nSPS) is 13.5. The second-order valence-electron chi connectivity index (χ2n) is 19.7. The van der Waals surface area contributed by atoms with Crippen LogP contribution in [0.5, 0.6) is 0 Å². The molecular weight excluding hydrogens is 815 g/mol. The van der Waals surface area contributed by atoms with E-state index in [1.54, 1.807) is 0 Å². The van der Waals surface area contributed by atoms with Crippen molar-refractivity contribution in [3.05, 3.63) is 48.6 Å². The van der Waals surface area contributed by atoms with E-state index in [-0.39, 0.29) is 24.9 Å². The first-order valence-electron chi connectivity index (χ1n) is 28.9. The molecule has 3 unspecified atom stereocenters. The van der Waals surface area contributed by atoms with Gasteiger partial charge < -0.3 is 20.3 Å². The highest BCUT2D eigenvalue weighted by molar-refractivity contribution is 5.77. The maximum Gasteiger partial charge on any atom is 0.306 e. The molecule has 0 aliphatic carbocycles. The molecule has 6 nitrogen and oxygen atoms in total. The molecule has 3 atom stereocenters. The molecule has 0 fully saturated rings. The lowest BCUT2D eigenvalue weighted by Crippen LogP contribution is -2.46. The van der Waals surface area contributed by atoms with Crippen LogP contribution in [-0.4, -0.2) is 46.9 Å². The summed E-state index contributed by atoms with van der Waals surface area (Å²) in [6.07, 6.45) is 66.0. The van der Waals surface area contributed by atoms with Crippen LogP contribution in [0.15, 0.2) is 48.6 Å². The van der Waals surface area contributed by atoms with Gasteiger partial charge in [0.25, 0.3) is 0 Å². The Labute approximate surface area is 410 Å². The number of hydrogen-bond donors (Lipinski definition) is 3. The number of allylic oxidation sites excluding steroid dienone is 8. The predicted molar refractivity (Wildman–Crippen MR) is 287 cm³/mol. The second kappa shape index (κ2) is 53.8. The van der Waals surface area contributed by atoms with Crippen LogP contribution in [0.1, 0.15) is 297 Å². The third-order valence-corrected chi connectivity index (χ3v) is 13.1. The van der Waals surface area contributed by atoms with Gasteiger partial charge in [-0.15, -0.1) is 0 Å². The third kappa shape index (κ3) is 48.3. The maximum absolute atomic E-state index is 13.3. The zero-order valence-electron chi connectivity index (χ0n) is 44.1. The van der Waals surface area contributed by atoms with Crippen LogP contribution >= 0.6 is 0 Å². The Morgan fingerprint density at radius 3 is 1.27 bits per heavy atom. The van der Waals surface area contributed by atoms with Crippen LogP contribution in [0.25, 0.3) is 0 Å². The van der Waals surface area contributed by atoms with Gasteiger partial charge in [-0.1, -0.05) is 249 Å². The standard InChI is InChI=1S/C60H111NO5/c1-4-7-10-13-16-19-22-25-28-31-33-36-39-42-45-48-51-56(66-60(65)53-50-47-44-41-38-35-32-29-26-23-20-17-14-11-8-5-2)54-59(64)61-57(55-62)58(63)52-49-46-43-40-37-34-30-27-24-21-18-15-12-9-6-3/h8,11,17,20,26,29,33,36,56-58,62-63H,4-7,9-10,12-16,18-19,21-25,27-28,30-32,34-35,37-55H2,1-3H3,(H,61,64)/b11-8+,20-17+,29-26+,36-33+. The van der Waals surface area contributed by atoms with Gasteiger partial charge in [-0.3, -0.25) is 9.59 Å². The van der Waals surface area contributed by atoms with Crippen molar-refractivity contribution in [1.82, 2.24) is 5.32 Å². The first kappa shape index (κ1) is 63.8. The van der Waals surface area contributed by atoms with E-state index in [1.165, 1.54) is 161 Å². The minimum absolute atomic E-state index is 0.0631. The monoisotopic (exact) mass is 926 g/mol. The number of aliphatic hydroxyl groups is 2. The molecule has 0 saturated carbocycles. The van der Waals surface area contributed by atoms with E-state index >= 15 is 0 Å². The SMILES string of the molecule is CC/C=C/C/C=C/C/C=C/CCCCCCCCC(=O)OC(CCCCC/C=C/CCCCCCCCCCC)CC(=O)NC(CO)C(O)CCCCCCCCCCCCCCCCC. The molecule has 0 aliphatic heterocycles. The van der Waals surface area contributed by atoms with Crippen LogP contribution in [-0.2, 0) is 14.3 Å². The summed E-state index contributed by atoms with van der Waals surface area (Å²) in [5.74, 6) is -0.493. The number of unbranched alkanes of at least 4 members (excludes halogenated alkanes) is 32. The molecule has 3 N–H and O–H groups in total. The fourth-order valence-electron chi connectivity index (χ4n) is 8.79. The Hall–Kier alpha value is -2.18. The highest BCUT2D eigenvalue weighted by Crippen LogP contribution is 2.18. The minimum atomic E-state index is -0.794. The summed E-state index contributed by atoms with van der Waals surface area (Å²) in [5, 5.41) is 23.9. The van der Waals surface area contributed by atoms with Gasteiger partial charge in [-0.2, -0.15) is 0 Å². The zero-order chi connectivity index (χ0) is 48.1. The number of rotatable bonds is 52. The molecular formula is C60H111NO5. The third-order valence-electron chi connectivity index (χ3n) is 13.1. The topological polar surface area (TPSA) is 95.9 Å². The number of amides is 1. The fraction of sp³-hybridized carbons (Fsp3) is 0.833. The number of carbonyl (C=O) groups is 2. The van der Waals surface area contributed by atoms with Crippen molar-refractivity contribution >= 4 is 11.9 Å². The fourth-order valence-corrected chi connectivity index (χ4v) is 8.79. The number of nitrogens with one attached hydrogen (secondary N) is 1. The Morgan fingerprint density at radius 2 is 0.818 bits per heavy atom. The van der Waals surface area contributed by atoms with E-state index in [9.17, 15) is 19.8 Å². The lowest BCUT2D eigenvalue weighted by molar-refractivity contribution is -0.151. The van der Waals surface area contributed by atoms with Crippen molar-refractivity contribution in [1.29, 1.82) is 0 Å². The zero-order valence-corrected chi connectivity index (χ0v) is 44.1. The van der Waals surface area contributed by atoms with E-state index in [2.05, 4.69) is 74.7 Å². The number of aliphatic hydroxyl groups excluding tert-OH is 2. The van der Waals surface area contributed by atoms with Crippen molar-refractivity contribution in [2.75, 3.05) is 6.61 Å². The molecule has 0 saturated heterocycles. The Kier molecular flexibility index (Phi) is 52.0. The Balaban J connectivity index is 4.59. The van der Waals surface area contributed by atoms with Crippen LogP contribution < -0.4 is 5.32 Å². The lowest BCUT2D eigenvalue weighted by Gasteiger charge is -2.24. The first-order chi connectivity index (χ1) is 32.5. The average Bonchev–Trinajstić information content (AvgIpc) is 3.31. The summed E-state index contributed by atoms with van der Waals surface area (Å²) in [6, 6.07) is -0.709. The molecule has 0 aliphatic rings. The molecule has 0 rings (SSSR count). The molecule has 0 aromatic rings. The van der Waals surface area contributed by atoms with Gasteiger partial charge in [0.1, 0.15) is 6.10 Å². The van der Waals surface area contributed by atoms with Crippen LogP contribution in [0.4, 0.5) is 0 Å². The molecule has 66 heavy (non-hydrogen) atoms. The number of hydrogen-bond acceptors (Lipinski definition) is 5. The molecule has 6 heteroatoms. The molecule has 0 bridgehead atoms. The van der Waals surface area contributed by atoms with Gasteiger partial charge in [0.15, 0.2) is 0 Å². The van der Waals surface area contributed by atoms with Crippen molar-refractivity contribution < 1.29 is 24.5 Å². The average molecular weight is 927 g/mol. The highest BCUT2D eigenvalue weighted by atomic mass is 16.5. The lowest BCUT2D eigenvalue weighted by atomic mass is 10.0. The smallest absolute Gasteiger partial charge is 0.306 e. The quantitative estimate of drug-likeness (QED) is 0.0321. The Bertz CT molecular complexity index is 1130. The number of esters is 1. The minimum Gasteiger partial charge on any atom is -0.462 e. The van der Waals surface area contributed by atoms with Crippen LogP contribution in [0, 0.1) is 0 Å². The van der Waals surface area contributed by atoms with E-state index in [4.69, 9.17) is 4.74 Å². The Morgan fingerprint density at radius 1 is 0.455 bits per heavy atom. The van der Waals surface area contributed by atoms with Crippen molar-refractivity contribution in [2.45, 2.75) is 315 Å². The van der Waals surface area contributed by atoms with Crippen molar-refractivity contribution in [2.24, 2.45) is 0 Å². The van der Waals surface area contributed by atoms with Gasteiger partial charge in [-0.05, 0) is 83.5 Å². The predicted octanol–water partition coefficient (Wildman–Crippen LogP) is 17.8. The molecule has 0 heterocycles. The molecule has 0 aromatic heterocycles. The highest BCUT2D eigenvalue weighted by Gasteiger charge is 2.24. The van der Waals surface area contributed by atoms with Crippen LogP contribution in [0.3, 0.4) is 0 Å². The summed E-state index contributed by atoms with van der Waals surface area (Å²) in [5.41, 5.74) is 0. The van der Waals surface area contributed by atoms with Crippen LogP contribution in [0.2, 0.25) is 0 Å². The molecule has 1 amide bonds. The molecule has 386 valence electrons. The molecule has 0 aromatic carbocycles. The van der Waals surface area contributed by atoms with Crippen molar-refractivity contribution in [3.63, 3.8) is 0 Å². The maximum atomic E-state index is 13.3. The largest absolute Gasteiger partial charge is 0.462 e. The van der Waals surface area contributed by atoms with E-state index in [0.29, 0.717) is 19.3 Å². The summed E-state index contributed by atoms with van der Waals surface area (Å²) >= 11 is 0.